The topological polar surface area (TPSA) is 32.3 Å². The van der Waals surface area contributed by atoms with Gasteiger partial charge in [0.05, 0.1) is 5.56 Å². The Bertz CT molecular complexity index is 693. The van der Waals surface area contributed by atoms with Crippen LogP contribution in [0.2, 0.25) is 0 Å². The summed E-state index contributed by atoms with van der Waals surface area (Å²) >= 11 is 3.42. The molecule has 0 spiro atoms. The summed E-state index contributed by atoms with van der Waals surface area (Å²) in [5.41, 5.74) is 3.84. The molecule has 0 aliphatic carbocycles. The SMILES string of the molecule is Cc1cc(N2CCCC2)ccc1NC(=O)c1ccccc1Br. The fourth-order valence-electron chi connectivity index (χ4n) is 2.80. The number of aryl methyl sites for hydroxylation is 1. The molecule has 2 aromatic rings. The predicted molar refractivity (Wildman–Crippen MR) is 94.7 cm³/mol. The fourth-order valence-corrected chi connectivity index (χ4v) is 3.26. The van der Waals surface area contributed by atoms with Crippen LogP contribution in [0.25, 0.3) is 0 Å². The summed E-state index contributed by atoms with van der Waals surface area (Å²) in [4.78, 5) is 14.8. The summed E-state index contributed by atoms with van der Waals surface area (Å²) in [6.07, 6.45) is 2.53. The van der Waals surface area contributed by atoms with E-state index in [0.29, 0.717) is 5.56 Å². The summed E-state index contributed by atoms with van der Waals surface area (Å²) in [5, 5.41) is 3.00. The molecule has 3 nitrogen and oxygen atoms in total. The van der Waals surface area contributed by atoms with Gasteiger partial charge in [-0.15, -0.1) is 0 Å². The first-order valence-corrected chi connectivity index (χ1v) is 8.36. The quantitative estimate of drug-likeness (QED) is 0.868. The van der Waals surface area contributed by atoms with Crippen molar-refractivity contribution in [1.29, 1.82) is 0 Å². The van der Waals surface area contributed by atoms with Crippen molar-refractivity contribution in [2.24, 2.45) is 0 Å². The van der Waals surface area contributed by atoms with Gasteiger partial charge in [-0.3, -0.25) is 4.79 Å². The van der Waals surface area contributed by atoms with Crippen molar-refractivity contribution < 1.29 is 4.79 Å². The molecule has 1 saturated heterocycles. The van der Waals surface area contributed by atoms with Crippen molar-refractivity contribution in [3.8, 4) is 0 Å². The lowest BCUT2D eigenvalue weighted by Gasteiger charge is -2.19. The Morgan fingerprint density at radius 2 is 1.86 bits per heavy atom. The molecule has 0 unspecified atom stereocenters. The molecule has 114 valence electrons. The van der Waals surface area contributed by atoms with Crippen molar-refractivity contribution in [2.45, 2.75) is 19.8 Å². The maximum atomic E-state index is 12.4. The standard InChI is InChI=1S/C18H19BrN2O/c1-13-12-14(21-10-4-5-11-21)8-9-17(13)20-18(22)15-6-2-3-7-16(15)19/h2-3,6-9,12H,4-5,10-11H2,1H3,(H,20,22). The zero-order valence-corrected chi connectivity index (χ0v) is 14.2. The predicted octanol–water partition coefficient (Wildman–Crippen LogP) is 4.61. The van der Waals surface area contributed by atoms with Gasteiger partial charge in [0.25, 0.3) is 5.91 Å². The van der Waals surface area contributed by atoms with Crippen LogP contribution in [0, 0.1) is 6.92 Å². The number of nitrogens with zero attached hydrogens (tertiary/aromatic N) is 1. The third-order valence-electron chi connectivity index (χ3n) is 4.05. The van der Waals surface area contributed by atoms with Crippen molar-refractivity contribution in [1.82, 2.24) is 0 Å². The van der Waals surface area contributed by atoms with Crippen LogP contribution in [0.15, 0.2) is 46.9 Å². The molecule has 3 rings (SSSR count). The molecule has 0 aromatic heterocycles. The number of carbonyl (C=O) groups is 1. The summed E-state index contributed by atoms with van der Waals surface area (Å²) in [7, 11) is 0. The first kappa shape index (κ1) is 15.1. The van der Waals surface area contributed by atoms with E-state index >= 15 is 0 Å². The molecule has 4 heteroatoms. The van der Waals surface area contributed by atoms with Gasteiger partial charge in [0.1, 0.15) is 0 Å². The van der Waals surface area contributed by atoms with E-state index in [1.807, 2.05) is 37.3 Å². The van der Waals surface area contributed by atoms with Crippen LogP contribution in [0.5, 0.6) is 0 Å². The van der Waals surface area contributed by atoms with Gasteiger partial charge < -0.3 is 10.2 Å². The lowest BCUT2D eigenvalue weighted by atomic mass is 10.1. The highest BCUT2D eigenvalue weighted by atomic mass is 79.9. The molecule has 0 radical (unpaired) electrons. The summed E-state index contributed by atoms with van der Waals surface area (Å²) in [6, 6.07) is 13.7. The van der Waals surface area contributed by atoms with Gasteiger partial charge in [-0.1, -0.05) is 12.1 Å². The summed E-state index contributed by atoms with van der Waals surface area (Å²) in [6.45, 7) is 4.29. The highest BCUT2D eigenvalue weighted by Crippen LogP contribution is 2.26. The van der Waals surface area contributed by atoms with Crippen LogP contribution in [-0.2, 0) is 0 Å². The van der Waals surface area contributed by atoms with Crippen molar-refractivity contribution in [2.75, 3.05) is 23.3 Å². The number of hydrogen-bond donors (Lipinski definition) is 1. The fraction of sp³-hybridized carbons (Fsp3) is 0.278. The minimum Gasteiger partial charge on any atom is -0.372 e. The zero-order chi connectivity index (χ0) is 15.5. The number of benzene rings is 2. The number of amides is 1. The molecule has 1 amide bonds. The number of hydrogen-bond acceptors (Lipinski definition) is 2. The molecule has 0 bridgehead atoms. The Balaban J connectivity index is 1.78. The first-order valence-electron chi connectivity index (χ1n) is 7.56. The smallest absolute Gasteiger partial charge is 0.256 e. The third kappa shape index (κ3) is 3.17. The average molecular weight is 359 g/mol. The van der Waals surface area contributed by atoms with Gasteiger partial charge in [-0.2, -0.15) is 0 Å². The van der Waals surface area contributed by atoms with Crippen LogP contribution >= 0.6 is 15.9 Å². The molecule has 1 N–H and O–H groups in total. The molecule has 1 aliphatic heterocycles. The molecule has 2 aromatic carbocycles. The van der Waals surface area contributed by atoms with Crippen molar-refractivity contribution in [3.63, 3.8) is 0 Å². The largest absolute Gasteiger partial charge is 0.372 e. The zero-order valence-electron chi connectivity index (χ0n) is 12.6. The Morgan fingerprint density at radius 3 is 2.55 bits per heavy atom. The van der Waals surface area contributed by atoms with E-state index in [1.54, 1.807) is 0 Å². The Hall–Kier alpha value is -1.81. The summed E-state index contributed by atoms with van der Waals surface area (Å²) in [5.74, 6) is -0.0931. The lowest BCUT2D eigenvalue weighted by molar-refractivity contribution is 0.102. The van der Waals surface area contributed by atoms with Gasteiger partial charge in [-0.05, 0) is 71.6 Å². The van der Waals surface area contributed by atoms with E-state index in [0.717, 1.165) is 28.8 Å². The monoisotopic (exact) mass is 358 g/mol. The molecule has 0 saturated carbocycles. The number of nitrogens with one attached hydrogen (secondary N) is 1. The van der Waals surface area contributed by atoms with Crippen LogP contribution in [-0.4, -0.2) is 19.0 Å². The Kier molecular flexibility index (Phi) is 4.48. The molecule has 1 aliphatic rings. The van der Waals surface area contributed by atoms with Crippen LogP contribution in [0.4, 0.5) is 11.4 Å². The second-order valence-electron chi connectivity index (χ2n) is 5.63. The Morgan fingerprint density at radius 1 is 1.14 bits per heavy atom. The summed E-state index contributed by atoms with van der Waals surface area (Å²) < 4.78 is 0.804. The minimum absolute atomic E-state index is 0.0931. The van der Waals surface area contributed by atoms with E-state index in [4.69, 9.17) is 0 Å². The molecular weight excluding hydrogens is 340 g/mol. The van der Waals surface area contributed by atoms with Gasteiger partial charge >= 0.3 is 0 Å². The molecular formula is C18H19BrN2O. The third-order valence-corrected chi connectivity index (χ3v) is 4.74. The van der Waals surface area contributed by atoms with Gasteiger partial charge in [0.2, 0.25) is 0 Å². The average Bonchev–Trinajstić information content (AvgIpc) is 3.04. The van der Waals surface area contributed by atoms with E-state index in [2.05, 4.69) is 38.3 Å². The normalized spacial score (nSPS) is 14.2. The molecule has 0 atom stereocenters. The minimum atomic E-state index is -0.0931. The van der Waals surface area contributed by atoms with Gasteiger partial charge in [-0.25, -0.2) is 0 Å². The molecule has 1 fully saturated rings. The van der Waals surface area contributed by atoms with Crippen molar-refractivity contribution >= 4 is 33.2 Å². The lowest BCUT2D eigenvalue weighted by Crippen LogP contribution is -2.18. The highest BCUT2D eigenvalue weighted by molar-refractivity contribution is 9.10. The number of rotatable bonds is 3. The van der Waals surface area contributed by atoms with Gasteiger partial charge in [0.15, 0.2) is 0 Å². The number of halogens is 1. The van der Waals surface area contributed by atoms with E-state index < -0.39 is 0 Å². The molecule has 22 heavy (non-hydrogen) atoms. The highest BCUT2D eigenvalue weighted by Gasteiger charge is 2.14. The maximum absolute atomic E-state index is 12.4. The van der Waals surface area contributed by atoms with E-state index in [9.17, 15) is 4.79 Å². The van der Waals surface area contributed by atoms with Crippen LogP contribution in [0.3, 0.4) is 0 Å². The van der Waals surface area contributed by atoms with Crippen LogP contribution in [0.1, 0.15) is 28.8 Å². The van der Waals surface area contributed by atoms with E-state index in [1.165, 1.54) is 18.5 Å². The maximum Gasteiger partial charge on any atom is 0.256 e. The second kappa shape index (κ2) is 6.53. The van der Waals surface area contributed by atoms with Gasteiger partial charge in [0, 0.05) is 28.9 Å². The molecule has 1 heterocycles. The van der Waals surface area contributed by atoms with E-state index in [-0.39, 0.29) is 5.91 Å². The number of anilines is 2. The van der Waals surface area contributed by atoms with Crippen molar-refractivity contribution in [3.05, 3.63) is 58.1 Å². The number of carbonyl (C=O) groups excluding carboxylic acids is 1. The first-order chi connectivity index (χ1) is 10.6. The Labute approximate surface area is 139 Å². The second-order valence-corrected chi connectivity index (χ2v) is 6.48. The van der Waals surface area contributed by atoms with Crippen LogP contribution < -0.4 is 10.2 Å².